The van der Waals surface area contributed by atoms with E-state index in [-0.39, 0.29) is 12.5 Å². The van der Waals surface area contributed by atoms with Gasteiger partial charge in [-0.2, -0.15) is 0 Å². The monoisotopic (exact) mass is 158 g/mol. The number of nitrogens with one attached hydrogen (secondary N) is 3. The summed E-state index contributed by atoms with van der Waals surface area (Å²) >= 11 is 0. The van der Waals surface area contributed by atoms with E-state index in [9.17, 15) is 4.79 Å². The number of aliphatic imine (C=N–C) groups is 1. The highest BCUT2D eigenvalue weighted by molar-refractivity contribution is 5.85. The van der Waals surface area contributed by atoms with E-state index in [2.05, 4.69) is 20.9 Å². The number of nitrogens with zero attached hydrogens (tertiary/aromatic N) is 1. The summed E-state index contributed by atoms with van der Waals surface area (Å²) in [6.45, 7) is 0.240. The highest BCUT2D eigenvalue weighted by Gasteiger charge is 1.97. The van der Waals surface area contributed by atoms with E-state index in [0.29, 0.717) is 5.96 Å². The van der Waals surface area contributed by atoms with Gasteiger partial charge in [-0.3, -0.25) is 9.79 Å². The number of rotatable bonds is 2. The lowest BCUT2D eigenvalue weighted by Gasteiger charge is -2.06. The summed E-state index contributed by atoms with van der Waals surface area (Å²) in [6, 6.07) is 0. The lowest BCUT2D eigenvalue weighted by atomic mass is 10.6. The first-order valence-corrected chi connectivity index (χ1v) is 3.33. The lowest BCUT2D eigenvalue weighted by molar-refractivity contribution is -0.119. The maximum absolute atomic E-state index is 10.7. The van der Waals surface area contributed by atoms with E-state index < -0.39 is 0 Å². The highest BCUT2D eigenvalue weighted by Crippen LogP contribution is 1.64. The van der Waals surface area contributed by atoms with Crippen LogP contribution in [0, 0.1) is 0 Å². The Kier molecular flexibility index (Phi) is 4.89. The van der Waals surface area contributed by atoms with Gasteiger partial charge in [-0.05, 0) is 0 Å². The quantitative estimate of drug-likeness (QED) is 0.339. The van der Waals surface area contributed by atoms with E-state index in [0.717, 1.165) is 0 Å². The summed E-state index contributed by atoms with van der Waals surface area (Å²) in [4.78, 5) is 14.5. The Labute approximate surface area is 66.3 Å². The fourth-order valence-corrected chi connectivity index (χ4v) is 0.532. The second-order valence-corrected chi connectivity index (χ2v) is 1.85. The van der Waals surface area contributed by atoms with Crippen molar-refractivity contribution >= 4 is 11.9 Å². The maximum Gasteiger partial charge on any atom is 0.239 e. The molecule has 0 saturated carbocycles. The first kappa shape index (κ1) is 9.74. The molecule has 0 saturated heterocycles. The SMILES string of the molecule is CN=C(NC)NCC(=O)NC. The zero-order valence-corrected chi connectivity index (χ0v) is 7.06. The molecule has 0 rings (SSSR count). The highest BCUT2D eigenvalue weighted by atomic mass is 16.1. The number of carbonyl (C=O) groups excluding carboxylic acids is 1. The molecule has 5 heteroatoms. The molecule has 0 heterocycles. The molecule has 0 aromatic carbocycles. The molecule has 0 aromatic rings. The Bertz CT molecular complexity index is 155. The zero-order chi connectivity index (χ0) is 8.69. The Morgan fingerprint density at radius 1 is 1.36 bits per heavy atom. The van der Waals surface area contributed by atoms with Crippen LogP contribution in [0.25, 0.3) is 0 Å². The van der Waals surface area contributed by atoms with Crippen molar-refractivity contribution in [2.45, 2.75) is 0 Å². The largest absolute Gasteiger partial charge is 0.359 e. The minimum atomic E-state index is -0.0681. The molecule has 5 nitrogen and oxygen atoms in total. The predicted octanol–water partition coefficient (Wildman–Crippen LogP) is -1.47. The molecule has 0 bridgehead atoms. The van der Waals surface area contributed by atoms with Crippen molar-refractivity contribution in [2.24, 2.45) is 4.99 Å². The van der Waals surface area contributed by atoms with Crippen LogP contribution in [-0.2, 0) is 4.79 Å². The van der Waals surface area contributed by atoms with Crippen molar-refractivity contribution in [1.82, 2.24) is 16.0 Å². The summed E-state index contributed by atoms with van der Waals surface area (Å²) in [7, 11) is 4.97. The number of likely N-dealkylation sites (N-methyl/N-ethyl adjacent to an activating group) is 1. The molecule has 0 aliphatic rings. The number of amides is 1. The Morgan fingerprint density at radius 2 is 2.00 bits per heavy atom. The minimum Gasteiger partial charge on any atom is -0.359 e. The second-order valence-electron chi connectivity index (χ2n) is 1.85. The average molecular weight is 158 g/mol. The Balaban J connectivity index is 3.60. The van der Waals surface area contributed by atoms with Crippen molar-refractivity contribution in [1.29, 1.82) is 0 Å². The molecule has 0 aliphatic heterocycles. The van der Waals surface area contributed by atoms with Gasteiger partial charge < -0.3 is 16.0 Å². The van der Waals surface area contributed by atoms with E-state index in [1.807, 2.05) is 0 Å². The van der Waals surface area contributed by atoms with Gasteiger partial charge in [0.05, 0.1) is 6.54 Å². The second kappa shape index (κ2) is 5.52. The average Bonchev–Trinajstić information content (AvgIpc) is 2.06. The molecule has 0 fully saturated rings. The number of carbonyl (C=O) groups is 1. The summed E-state index contributed by atoms with van der Waals surface area (Å²) in [5.41, 5.74) is 0. The fourth-order valence-electron chi connectivity index (χ4n) is 0.532. The van der Waals surface area contributed by atoms with Crippen molar-refractivity contribution in [2.75, 3.05) is 27.7 Å². The number of hydrogen-bond donors (Lipinski definition) is 3. The van der Waals surface area contributed by atoms with Crippen molar-refractivity contribution in [3.05, 3.63) is 0 Å². The molecule has 0 spiro atoms. The van der Waals surface area contributed by atoms with Gasteiger partial charge in [0, 0.05) is 21.1 Å². The Hall–Kier alpha value is -1.26. The fraction of sp³-hybridized carbons (Fsp3) is 0.667. The van der Waals surface area contributed by atoms with Crippen LogP contribution in [0.5, 0.6) is 0 Å². The van der Waals surface area contributed by atoms with Crippen molar-refractivity contribution in [3.63, 3.8) is 0 Å². The lowest BCUT2D eigenvalue weighted by Crippen LogP contribution is -2.40. The van der Waals surface area contributed by atoms with Crippen LogP contribution >= 0.6 is 0 Å². The van der Waals surface area contributed by atoms with E-state index in [1.54, 1.807) is 21.1 Å². The van der Waals surface area contributed by atoms with Gasteiger partial charge in [-0.1, -0.05) is 0 Å². The molecule has 64 valence electrons. The molecule has 0 unspecified atom stereocenters. The van der Waals surface area contributed by atoms with Gasteiger partial charge in [0.2, 0.25) is 5.91 Å². The minimum absolute atomic E-state index is 0.0681. The van der Waals surface area contributed by atoms with Gasteiger partial charge in [-0.25, -0.2) is 0 Å². The maximum atomic E-state index is 10.7. The van der Waals surface area contributed by atoms with E-state index in [1.165, 1.54) is 0 Å². The van der Waals surface area contributed by atoms with E-state index >= 15 is 0 Å². The Morgan fingerprint density at radius 3 is 2.36 bits per heavy atom. The smallest absolute Gasteiger partial charge is 0.239 e. The number of hydrogen-bond acceptors (Lipinski definition) is 2. The zero-order valence-electron chi connectivity index (χ0n) is 7.06. The normalized spacial score (nSPS) is 10.6. The standard InChI is InChI=1S/C6H14N4O/c1-7-5(11)4-10-6(8-2)9-3/h4H2,1-3H3,(H,7,11)(H2,8,9,10). The van der Waals surface area contributed by atoms with Gasteiger partial charge in [-0.15, -0.1) is 0 Å². The molecular weight excluding hydrogens is 144 g/mol. The first-order chi connectivity index (χ1) is 5.24. The molecule has 1 amide bonds. The van der Waals surface area contributed by atoms with Gasteiger partial charge >= 0.3 is 0 Å². The van der Waals surface area contributed by atoms with Gasteiger partial charge in [0.15, 0.2) is 5.96 Å². The molecule has 0 aromatic heterocycles. The van der Waals surface area contributed by atoms with Gasteiger partial charge in [0.25, 0.3) is 0 Å². The van der Waals surface area contributed by atoms with Crippen LogP contribution < -0.4 is 16.0 Å². The number of guanidine groups is 1. The first-order valence-electron chi connectivity index (χ1n) is 3.33. The molecular formula is C6H14N4O. The van der Waals surface area contributed by atoms with Crippen molar-refractivity contribution in [3.8, 4) is 0 Å². The van der Waals surface area contributed by atoms with Crippen LogP contribution in [0.15, 0.2) is 4.99 Å². The molecule has 0 atom stereocenters. The third-order valence-corrected chi connectivity index (χ3v) is 1.16. The van der Waals surface area contributed by atoms with Crippen LogP contribution in [0.2, 0.25) is 0 Å². The summed E-state index contributed by atoms with van der Waals surface area (Å²) in [6.07, 6.45) is 0. The van der Waals surface area contributed by atoms with E-state index in [4.69, 9.17) is 0 Å². The summed E-state index contributed by atoms with van der Waals surface area (Å²) in [5.74, 6) is 0.537. The third kappa shape index (κ3) is 4.19. The molecule has 0 aliphatic carbocycles. The third-order valence-electron chi connectivity index (χ3n) is 1.16. The summed E-state index contributed by atoms with van der Waals surface area (Å²) in [5, 5.41) is 8.07. The van der Waals surface area contributed by atoms with Gasteiger partial charge in [0.1, 0.15) is 0 Å². The van der Waals surface area contributed by atoms with Crippen LogP contribution in [0.1, 0.15) is 0 Å². The molecule has 11 heavy (non-hydrogen) atoms. The topological polar surface area (TPSA) is 65.5 Å². The molecule has 0 radical (unpaired) electrons. The van der Waals surface area contributed by atoms with Crippen molar-refractivity contribution < 1.29 is 4.79 Å². The van der Waals surface area contributed by atoms with Crippen LogP contribution in [-0.4, -0.2) is 39.6 Å². The predicted molar refractivity (Wildman–Crippen MR) is 44.5 cm³/mol. The molecule has 3 N–H and O–H groups in total. The van der Waals surface area contributed by atoms with Crippen LogP contribution in [0.3, 0.4) is 0 Å². The van der Waals surface area contributed by atoms with Crippen LogP contribution in [0.4, 0.5) is 0 Å². The summed E-state index contributed by atoms with van der Waals surface area (Å²) < 4.78 is 0.